The number of aromatic nitrogens is 5. The zero-order chi connectivity index (χ0) is 25.4. The van der Waals surface area contributed by atoms with Crippen LogP contribution in [0.3, 0.4) is 0 Å². The first-order chi connectivity index (χ1) is 17.2. The molecule has 1 aliphatic rings. The number of benzene rings is 1. The van der Waals surface area contributed by atoms with Crippen molar-refractivity contribution in [2.45, 2.75) is 43.5 Å². The van der Waals surface area contributed by atoms with Crippen LogP contribution < -0.4 is 4.90 Å². The Morgan fingerprint density at radius 3 is 2.39 bits per heavy atom. The van der Waals surface area contributed by atoms with Crippen LogP contribution in [0.15, 0.2) is 48.0 Å². The van der Waals surface area contributed by atoms with Gasteiger partial charge < -0.3 is 9.47 Å². The molecule has 188 valence electrons. The Bertz CT molecular complexity index is 1510. The molecule has 0 aliphatic carbocycles. The number of nitrogens with zero attached hydrogens (tertiary/aromatic N) is 6. The quantitative estimate of drug-likeness (QED) is 0.387. The fourth-order valence-electron chi connectivity index (χ4n) is 4.63. The number of halogens is 2. The van der Waals surface area contributed by atoms with Gasteiger partial charge in [0.1, 0.15) is 17.8 Å². The molecule has 0 saturated carbocycles. The highest BCUT2D eigenvalue weighted by Gasteiger charge is 2.26. The molecular formula is C25H26F2N6O2S. The third kappa shape index (κ3) is 4.67. The average Bonchev–Trinajstić information content (AvgIpc) is 3.22. The molecular weight excluding hydrogens is 486 g/mol. The lowest BCUT2D eigenvalue weighted by Crippen LogP contribution is -2.35. The van der Waals surface area contributed by atoms with Gasteiger partial charge in [0.05, 0.1) is 16.0 Å². The van der Waals surface area contributed by atoms with Gasteiger partial charge in [0, 0.05) is 50.4 Å². The van der Waals surface area contributed by atoms with Gasteiger partial charge in [-0.15, -0.1) is 0 Å². The van der Waals surface area contributed by atoms with Crippen molar-refractivity contribution in [2.75, 3.05) is 24.2 Å². The van der Waals surface area contributed by atoms with Gasteiger partial charge in [-0.05, 0) is 42.5 Å². The molecule has 0 unspecified atom stereocenters. The summed E-state index contributed by atoms with van der Waals surface area (Å²) in [6.07, 6.45) is 9.95. The highest BCUT2D eigenvalue weighted by atomic mass is 32.2. The molecule has 4 heterocycles. The van der Waals surface area contributed by atoms with Gasteiger partial charge in [0.15, 0.2) is 15.7 Å². The molecule has 1 fully saturated rings. The second kappa shape index (κ2) is 9.53. The van der Waals surface area contributed by atoms with Gasteiger partial charge in [-0.2, -0.15) is 0 Å². The molecule has 0 radical (unpaired) electrons. The predicted octanol–water partition coefficient (Wildman–Crippen LogP) is 3.90. The van der Waals surface area contributed by atoms with E-state index in [1.165, 1.54) is 24.7 Å². The lowest BCUT2D eigenvalue weighted by atomic mass is 10.0. The van der Waals surface area contributed by atoms with Crippen molar-refractivity contribution < 1.29 is 17.2 Å². The summed E-state index contributed by atoms with van der Waals surface area (Å²) >= 11 is 0. The molecule has 0 bridgehead atoms. The summed E-state index contributed by atoms with van der Waals surface area (Å²) in [6.45, 7) is 3.52. The van der Waals surface area contributed by atoms with E-state index in [9.17, 15) is 12.8 Å². The van der Waals surface area contributed by atoms with Gasteiger partial charge >= 0.3 is 0 Å². The topological polar surface area (TPSA) is 93.9 Å². The Labute approximate surface area is 208 Å². The van der Waals surface area contributed by atoms with Crippen molar-refractivity contribution >= 4 is 26.8 Å². The van der Waals surface area contributed by atoms with Gasteiger partial charge in [0.2, 0.25) is 5.95 Å². The molecule has 4 aromatic rings. The third-order valence-corrected chi connectivity index (χ3v) is 7.80. The molecule has 11 heteroatoms. The highest BCUT2D eigenvalue weighted by Crippen LogP contribution is 2.31. The van der Waals surface area contributed by atoms with E-state index in [-0.39, 0.29) is 28.3 Å². The normalized spacial score (nSPS) is 15.1. The maximum atomic E-state index is 15.2. The number of hydrogen-bond acceptors (Lipinski definition) is 7. The summed E-state index contributed by atoms with van der Waals surface area (Å²) in [7, 11) is -3.53. The monoisotopic (exact) mass is 512 g/mol. The van der Waals surface area contributed by atoms with Crippen molar-refractivity contribution in [3.63, 3.8) is 0 Å². The summed E-state index contributed by atoms with van der Waals surface area (Å²) in [5.41, 5.74) is 2.14. The van der Waals surface area contributed by atoms with Crippen LogP contribution >= 0.6 is 0 Å². The van der Waals surface area contributed by atoms with Crippen molar-refractivity contribution in [1.29, 1.82) is 0 Å². The summed E-state index contributed by atoms with van der Waals surface area (Å²) in [4.78, 5) is 19.5. The smallest absolute Gasteiger partial charge is 0.225 e. The zero-order valence-corrected chi connectivity index (χ0v) is 20.8. The SMILES string of the molecule is CCc1cnc(N2CCC(n3cc(F)c4c(Cc5ccc(S(C)(=O)=O)cc5F)ncnc43)CC2)nc1. The standard InChI is InChI=1S/C25H26F2N6O2S/c1-3-16-12-28-25(29-13-16)32-8-6-18(7-9-32)33-14-21(27)23-22(30-15-31-24(23)33)10-17-4-5-19(11-20(17)26)36(2,34)35/h4-5,11-15,18H,3,6-10H2,1-2H3. The number of piperidine rings is 1. The van der Waals surface area contributed by atoms with Crippen molar-refractivity contribution in [1.82, 2.24) is 24.5 Å². The van der Waals surface area contributed by atoms with Crippen LogP contribution in [-0.4, -0.2) is 52.3 Å². The lowest BCUT2D eigenvalue weighted by molar-refractivity contribution is 0.398. The zero-order valence-electron chi connectivity index (χ0n) is 20.0. The van der Waals surface area contributed by atoms with Crippen molar-refractivity contribution in [2.24, 2.45) is 0 Å². The molecule has 0 atom stereocenters. The van der Waals surface area contributed by atoms with Crippen LogP contribution in [0.25, 0.3) is 11.0 Å². The van der Waals surface area contributed by atoms with Crippen molar-refractivity contribution in [3.8, 4) is 0 Å². The third-order valence-electron chi connectivity index (χ3n) is 6.69. The summed E-state index contributed by atoms with van der Waals surface area (Å²) in [5, 5.41) is 0.255. The Kier molecular flexibility index (Phi) is 6.42. The molecule has 3 aromatic heterocycles. The number of rotatable bonds is 6. The van der Waals surface area contributed by atoms with Crippen LogP contribution in [-0.2, 0) is 22.7 Å². The van der Waals surface area contributed by atoms with E-state index < -0.39 is 21.5 Å². The minimum absolute atomic E-state index is 0.0133. The second-order valence-corrected chi connectivity index (χ2v) is 11.1. The van der Waals surface area contributed by atoms with E-state index in [0.29, 0.717) is 17.3 Å². The number of aryl methyl sites for hydroxylation is 1. The highest BCUT2D eigenvalue weighted by molar-refractivity contribution is 7.90. The van der Waals surface area contributed by atoms with Crippen LogP contribution in [0, 0.1) is 11.6 Å². The molecule has 0 spiro atoms. The fraction of sp³-hybridized carbons (Fsp3) is 0.360. The van der Waals surface area contributed by atoms with E-state index in [2.05, 4.69) is 31.8 Å². The van der Waals surface area contributed by atoms with Gasteiger partial charge in [0.25, 0.3) is 0 Å². The van der Waals surface area contributed by atoms with Crippen LogP contribution in [0.1, 0.15) is 42.6 Å². The Balaban J connectivity index is 1.38. The van der Waals surface area contributed by atoms with Crippen LogP contribution in [0.2, 0.25) is 0 Å². The fourth-order valence-corrected chi connectivity index (χ4v) is 5.27. The average molecular weight is 513 g/mol. The van der Waals surface area contributed by atoms with Gasteiger partial charge in [-0.3, -0.25) is 0 Å². The summed E-state index contributed by atoms with van der Waals surface area (Å²) in [6, 6.07) is 3.77. The molecule has 0 N–H and O–H groups in total. The molecule has 1 saturated heterocycles. The molecule has 8 nitrogen and oxygen atoms in total. The predicted molar refractivity (Wildman–Crippen MR) is 132 cm³/mol. The Hall–Kier alpha value is -3.47. The van der Waals surface area contributed by atoms with E-state index >= 15 is 4.39 Å². The molecule has 1 aromatic carbocycles. The Morgan fingerprint density at radius 2 is 1.75 bits per heavy atom. The summed E-state index contributed by atoms with van der Waals surface area (Å²) < 4.78 is 55.1. The van der Waals surface area contributed by atoms with Gasteiger partial charge in [-0.1, -0.05) is 13.0 Å². The van der Waals surface area contributed by atoms with Crippen molar-refractivity contribution in [3.05, 3.63) is 71.6 Å². The number of fused-ring (bicyclic) bond motifs is 1. The minimum atomic E-state index is -3.53. The van der Waals surface area contributed by atoms with Crippen LogP contribution in [0.4, 0.5) is 14.7 Å². The maximum absolute atomic E-state index is 15.2. The molecule has 0 amide bonds. The molecule has 1 aliphatic heterocycles. The molecule has 5 rings (SSSR count). The second-order valence-electron chi connectivity index (χ2n) is 9.07. The lowest BCUT2D eigenvalue weighted by Gasteiger charge is -2.32. The summed E-state index contributed by atoms with van der Waals surface area (Å²) in [5.74, 6) is -0.441. The number of hydrogen-bond donors (Lipinski definition) is 0. The van der Waals surface area contributed by atoms with E-state index in [4.69, 9.17) is 0 Å². The van der Waals surface area contributed by atoms with Gasteiger partial charge in [-0.25, -0.2) is 37.1 Å². The number of anilines is 1. The molecule has 36 heavy (non-hydrogen) atoms. The largest absolute Gasteiger partial charge is 0.341 e. The first kappa shape index (κ1) is 24.2. The van der Waals surface area contributed by atoms with E-state index in [1.54, 1.807) is 0 Å². The maximum Gasteiger partial charge on any atom is 0.225 e. The Morgan fingerprint density at radius 1 is 1.03 bits per heavy atom. The van der Waals surface area contributed by atoms with Crippen LogP contribution in [0.5, 0.6) is 0 Å². The van der Waals surface area contributed by atoms with E-state index in [1.807, 2.05) is 17.0 Å². The number of sulfone groups is 1. The first-order valence-electron chi connectivity index (χ1n) is 11.8. The minimum Gasteiger partial charge on any atom is -0.341 e. The van der Waals surface area contributed by atoms with E-state index in [0.717, 1.165) is 50.2 Å². The first-order valence-corrected chi connectivity index (χ1v) is 13.7.